The van der Waals surface area contributed by atoms with Crippen LogP contribution in [0.3, 0.4) is 0 Å². The fourth-order valence-electron chi connectivity index (χ4n) is 4.46. The molecule has 1 N–H and O–H groups in total. The van der Waals surface area contributed by atoms with Gasteiger partial charge in [-0.3, -0.25) is 9.78 Å². The van der Waals surface area contributed by atoms with Gasteiger partial charge in [-0.1, -0.05) is 12.1 Å². The van der Waals surface area contributed by atoms with Crippen molar-refractivity contribution in [3.8, 4) is 0 Å². The van der Waals surface area contributed by atoms with Crippen molar-refractivity contribution in [2.45, 2.75) is 18.9 Å². The van der Waals surface area contributed by atoms with Gasteiger partial charge in [-0.25, -0.2) is 4.39 Å². The van der Waals surface area contributed by atoms with Crippen LogP contribution in [0.4, 0.5) is 16.2 Å². The molecule has 27 heavy (non-hydrogen) atoms. The van der Waals surface area contributed by atoms with Crippen molar-refractivity contribution in [1.82, 2.24) is 9.97 Å². The Hall–Kier alpha value is -2.41. The van der Waals surface area contributed by atoms with Gasteiger partial charge in [-0.05, 0) is 42.4 Å². The summed E-state index contributed by atoms with van der Waals surface area (Å²) in [6, 6.07) is 8.59. The maximum absolute atomic E-state index is 13.2. The van der Waals surface area contributed by atoms with Gasteiger partial charge in [0.25, 0.3) is 5.56 Å². The van der Waals surface area contributed by atoms with E-state index in [4.69, 9.17) is 9.72 Å². The minimum absolute atomic E-state index is 0.123. The number of benzene rings is 1. The normalized spacial score (nSPS) is 26.9. The number of aromatic nitrogens is 2. The maximum atomic E-state index is 13.2. The third kappa shape index (κ3) is 3.32. The summed E-state index contributed by atoms with van der Waals surface area (Å²) in [6.07, 6.45) is 2.07. The van der Waals surface area contributed by atoms with Gasteiger partial charge in [0, 0.05) is 31.7 Å². The van der Waals surface area contributed by atoms with E-state index in [1.807, 2.05) is 12.1 Å². The molecule has 7 heteroatoms. The van der Waals surface area contributed by atoms with E-state index in [2.05, 4.69) is 14.8 Å². The summed E-state index contributed by atoms with van der Waals surface area (Å²) < 4.78 is 18.6. The minimum Gasteiger partial charge on any atom is -0.378 e. The van der Waals surface area contributed by atoms with E-state index in [1.165, 1.54) is 18.6 Å². The van der Waals surface area contributed by atoms with Gasteiger partial charge in [-0.15, -0.1) is 0 Å². The van der Waals surface area contributed by atoms with Crippen LogP contribution >= 0.6 is 0 Å². The molecular formula is C20H23FN4O2. The molecule has 3 atom stereocenters. The van der Waals surface area contributed by atoms with Gasteiger partial charge >= 0.3 is 0 Å². The van der Waals surface area contributed by atoms with Crippen LogP contribution in [0.5, 0.6) is 0 Å². The highest BCUT2D eigenvalue weighted by molar-refractivity contribution is 5.47. The van der Waals surface area contributed by atoms with Gasteiger partial charge < -0.3 is 14.5 Å². The van der Waals surface area contributed by atoms with Crippen LogP contribution in [0.15, 0.2) is 35.1 Å². The van der Waals surface area contributed by atoms with Crippen molar-refractivity contribution in [2.75, 3.05) is 42.6 Å². The Morgan fingerprint density at radius 2 is 2.00 bits per heavy atom. The van der Waals surface area contributed by atoms with E-state index in [-0.39, 0.29) is 11.4 Å². The summed E-state index contributed by atoms with van der Waals surface area (Å²) in [4.78, 5) is 24.3. The third-order valence-corrected chi connectivity index (χ3v) is 5.98. The highest BCUT2D eigenvalue weighted by Gasteiger charge is 2.52. The molecule has 3 aliphatic rings. The molecule has 2 saturated heterocycles. The summed E-state index contributed by atoms with van der Waals surface area (Å²) in [6.45, 7) is 3.74. The van der Waals surface area contributed by atoms with Crippen LogP contribution in [-0.4, -0.2) is 48.9 Å². The molecular weight excluding hydrogens is 347 g/mol. The van der Waals surface area contributed by atoms with E-state index in [9.17, 15) is 9.18 Å². The predicted octanol–water partition coefficient (Wildman–Crippen LogP) is 1.81. The minimum atomic E-state index is -0.212. The molecule has 3 heterocycles. The molecule has 0 spiro atoms. The summed E-state index contributed by atoms with van der Waals surface area (Å²) in [5.41, 5.74) is 0.994. The second-order valence-electron chi connectivity index (χ2n) is 7.74. The fraction of sp³-hybridized carbons (Fsp3) is 0.500. The topological polar surface area (TPSA) is 61.5 Å². The standard InChI is InChI=1S/C20H23FN4O2/c21-15-3-1-13(2-4-15)9-17-16-10-14(16)12-25(17)20-22-18(11-19(26)23-20)24-5-7-27-8-6-24/h1-4,11,14,16-17H,5-10,12H2,(H,22,23,26)/t14-,16+,17-/m0/s1. The van der Waals surface area contributed by atoms with Gasteiger partial charge in [0.1, 0.15) is 11.6 Å². The van der Waals surface area contributed by atoms with E-state index in [1.54, 1.807) is 6.07 Å². The Morgan fingerprint density at radius 1 is 1.22 bits per heavy atom. The largest absolute Gasteiger partial charge is 0.378 e. The molecule has 0 amide bonds. The zero-order valence-electron chi connectivity index (χ0n) is 15.1. The number of nitrogens with zero attached hydrogens (tertiary/aromatic N) is 3. The predicted molar refractivity (Wildman–Crippen MR) is 101 cm³/mol. The molecule has 0 unspecified atom stereocenters. The Morgan fingerprint density at radius 3 is 2.78 bits per heavy atom. The first kappa shape index (κ1) is 16.7. The quantitative estimate of drug-likeness (QED) is 0.890. The molecule has 1 saturated carbocycles. The average molecular weight is 370 g/mol. The lowest BCUT2D eigenvalue weighted by Gasteiger charge is -2.31. The van der Waals surface area contributed by atoms with E-state index in [0.717, 1.165) is 37.4 Å². The lowest BCUT2D eigenvalue weighted by Crippen LogP contribution is -2.40. The first-order valence-corrected chi connectivity index (χ1v) is 9.62. The Kier molecular flexibility index (Phi) is 4.11. The number of rotatable bonds is 4. The Balaban J connectivity index is 1.41. The van der Waals surface area contributed by atoms with Crippen molar-refractivity contribution in [3.05, 3.63) is 52.1 Å². The number of hydrogen-bond donors (Lipinski definition) is 1. The summed E-state index contributed by atoms with van der Waals surface area (Å²) >= 11 is 0. The molecule has 6 nitrogen and oxygen atoms in total. The SMILES string of the molecule is O=c1cc(N2CCOCC2)nc(N2C[C@@H]3C[C@H]3[C@@H]2Cc2ccc(F)cc2)[nH]1. The van der Waals surface area contributed by atoms with Gasteiger partial charge in [0.05, 0.1) is 13.2 Å². The van der Waals surface area contributed by atoms with E-state index < -0.39 is 0 Å². The van der Waals surface area contributed by atoms with Crippen LogP contribution in [0.1, 0.15) is 12.0 Å². The van der Waals surface area contributed by atoms with Crippen molar-refractivity contribution >= 4 is 11.8 Å². The zero-order valence-corrected chi connectivity index (χ0v) is 15.1. The lowest BCUT2D eigenvalue weighted by molar-refractivity contribution is 0.122. The zero-order chi connectivity index (χ0) is 18.4. The number of piperidine rings is 1. The number of anilines is 2. The van der Waals surface area contributed by atoms with Crippen molar-refractivity contribution < 1.29 is 9.13 Å². The number of hydrogen-bond acceptors (Lipinski definition) is 5. The van der Waals surface area contributed by atoms with Crippen molar-refractivity contribution in [1.29, 1.82) is 0 Å². The summed E-state index contributed by atoms with van der Waals surface area (Å²) in [5.74, 6) is 2.47. The number of fused-ring (bicyclic) bond motifs is 1. The van der Waals surface area contributed by atoms with Crippen molar-refractivity contribution in [2.24, 2.45) is 11.8 Å². The van der Waals surface area contributed by atoms with Crippen LogP contribution in [0.2, 0.25) is 0 Å². The van der Waals surface area contributed by atoms with Crippen LogP contribution < -0.4 is 15.4 Å². The van der Waals surface area contributed by atoms with Crippen LogP contribution in [0.25, 0.3) is 0 Å². The number of morpholine rings is 1. The van der Waals surface area contributed by atoms with Crippen molar-refractivity contribution in [3.63, 3.8) is 0 Å². The number of H-pyrrole nitrogens is 1. The van der Waals surface area contributed by atoms with Crippen LogP contribution in [-0.2, 0) is 11.2 Å². The van der Waals surface area contributed by atoms with E-state index >= 15 is 0 Å². The van der Waals surface area contributed by atoms with Gasteiger partial charge in [0.2, 0.25) is 5.95 Å². The molecule has 2 aliphatic heterocycles. The molecule has 1 aliphatic carbocycles. The number of halogens is 1. The Bertz CT molecular complexity index is 878. The maximum Gasteiger partial charge on any atom is 0.254 e. The molecule has 3 fully saturated rings. The summed E-state index contributed by atoms with van der Waals surface area (Å²) in [7, 11) is 0. The third-order valence-electron chi connectivity index (χ3n) is 5.98. The fourth-order valence-corrected chi connectivity index (χ4v) is 4.46. The monoisotopic (exact) mass is 370 g/mol. The molecule has 2 aromatic rings. The number of nitrogens with one attached hydrogen (secondary N) is 1. The molecule has 1 aromatic heterocycles. The second-order valence-corrected chi connectivity index (χ2v) is 7.74. The lowest BCUT2D eigenvalue weighted by atomic mass is 10.0. The molecule has 0 radical (unpaired) electrons. The van der Waals surface area contributed by atoms with E-state index in [0.29, 0.717) is 37.0 Å². The summed E-state index contributed by atoms with van der Waals surface area (Å²) in [5, 5.41) is 0. The molecule has 0 bridgehead atoms. The first-order chi connectivity index (χ1) is 13.2. The van der Waals surface area contributed by atoms with Gasteiger partial charge in [0.15, 0.2) is 0 Å². The highest BCUT2D eigenvalue weighted by Crippen LogP contribution is 2.51. The smallest absolute Gasteiger partial charge is 0.254 e. The highest BCUT2D eigenvalue weighted by atomic mass is 19.1. The average Bonchev–Trinajstić information content (AvgIpc) is 3.38. The molecule has 142 valence electrons. The number of ether oxygens (including phenoxy) is 1. The van der Waals surface area contributed by atoms with Gasteiger partial charge in [-0.2, -0.15) is 4.98 Å². The second kappa shape index (κ2) is 6.64. The first-order valence-electron chi connectivity index (χ1n) is 9.62. The number of aromatic amines is 1. The molecule has 1 aromatic carbocycles. The van der Waals surface area contributed by atoms with Crippen LogP contribution in [0, 0.1) is 17.7 Å². The molecule has 5 rings (SSSR count). The Labute approximate surface area is 157 Å².